The number of hydrogen-bond acceptors (Lipinski definition) is 4. The number of carboxylic acids is 1. The fraction of sp³-hybridized carbons (Fsp3) is 0.545. The third-order valence-electron chi connectivity index (χ3n) is 2.53. The molecule has 0 aliphatic rings. The summed E-state index contributed by atoms with van der Waals surface area (Å²) >= 11 is 0. The minimum atomic E-state index is -1.01. The molecular formula is C11H16N2O4. The number of nitrogens with one attached hydrogen (secondary N) is 1. The summed E-state index contributed by atoms with van der Waals surface area (Å²) in [5.41, 5.74) is -0.145. The topological polar surface area (TPSA) is 92.4 Å². The van der Waals surface area contributed by atoms with Crippen LogP contribution in [0.2, 0.25) is 0 Å². The summed E-state index contributed by atoms with van der Waals surface area (Å²) in [4.78, 5) is 22.7. The standard InChI is InChI=1S/C11H16N2O4/c1-6-8(7(2)17-13-6)9(14)12-5-11(3,4)10(15)16/h5H2,1-4H3,(H,12,14)(H,15,16). The molecule has 0 bridgehead atoms. The number of rotatable bonds is 4. The largest absolute Gasteiger partial charge is 0.481 e. The second-order valence-electron chi connectivity index (χ2n) is 4.57. The van der Waals surface area contributed by atoms with E-state index in [-0.39, 0.29) is 12.5 Å². The van der Waals surface area contributed by atoms with Crippen LogP contribution >= 0.6 is 0 Å². The summed E-state index contributed by atoms with van der Waals surface area (Å²) in [7, 11) is 0. The fourth-order valence-corrected chi connectivity index (χ4v) is 1.27. The quantitative estimate of drug-likeness (QED) is 0.823. The number of hydrogen-bond donors (Lipinski definition) is 2. The summed E-state index contributed by atoms with van der Waals surface area (Å²) in [5, 5.41) is 15.1. The molecule has 0 radical (unpaired) electrons. The number of aliphatic carboxylic acids is 1. The first-order chi connectivity index (χ1) is 7.75. The number of nitrogens with zero attached hydrogens (tertiary/aromatic N) is 1. The minimum absolute atomic E-state index is 0.0469. The molecule has 0 atom stereocenters. The molecule has 0 fully saturated rings. The van der Waals surface area contributed by atoms with E-state index in [1.165, 1.54) is 0 Å². The monoisotopic (exact) mass is 240 g/mol. The summed E-state index contributed by atoms with van der Waals surface area (Å²) < 4.78 is 4.87. The van der Waals surface area contributed by atoms with E-state index in [2.05, 4.69) is 10.5 Å². The van der Waals surface area contributed by atoms with Gasteiger partial charge in [-0.3, -0.25) is 9.59 Å². The van der Waals surface area contributed by atoms with Crippen LogP contribution in [0, 0.1) is 19.3 Å². The Labute approximate surface area is 99.0 Å². The van der Waals surface area contributed by atoms with Crippen molar-refractivity contribution in [1.29, 1.82) is 0 Å². The first-order valence-electron chi connectivity index (χ1n) is 5.20. The molecule has 0 aliphatic heterocycles. The lowest BCUT2D eigenvalue weighted by Crippen LogP contribution is -2.39. The second kappa shape index (κ2) is 4.57. The molecule has 1 aromatic heterocycles. The van der Waals surface area contributed by atoms with Gasteiger partial charge in [0.1, 0.15) is 11.3 Å². The predicted molar refractivity (Wildman–Crippen MR) is 59.7 cm³/mol. The van der Waals surface area contributed by atoms with Gasteiger partial charge >= 0.3 is 5.97 Å². The highest BCUT2D eigenvalue weighted by Gasteiger charge is 2.28. The molecule has 6 heteroatoms. The van der Waals surface area contributed by atoms with Crippen molar-refractivity contribution in [3.05, 3.63) is 17.0 Å². The molecule has 0 aliphatic carbocycles. The molecule has 2 N–H and O–H groups in total. The van der Waals surface area contributed by atoms with Gasteiger partial charge in [0.15, 0.2) is 0 Å². The van der Waals surface area contributed by atoms with Crippen molar-refractivity contribution in [3.63, 3.8) is 0 Å². The van der Waals surface area contributed by atoms with Gasteiger partial charge in [-0.2, -0.15) is 0 Å². The van der Waals surface area contributed by atoms with Gasteiger partial charge in [0.2, 0.25) is 0 Å². The minimum Gasteiger partial charge on any atom is -0.481 e. The zero-order valence-corrected chi connectivity index (χ0v) is 10.3. The Balaban J connectivity index is 2.72. The van der Waals surface area contributed by atoms with Crippen LogP contribution in [0.15, 0.2) is 4.52 Å². The van der Waals surface area contributed by atoms with E-state index >= 15 is 0 Å². The first kappa shape index (κ1) is 13.2. The number of amides is 1. The summed E-state index contributed by atoms with van der Waals surface area (Å²) in [6.45, 7) is 6.43. The van der Waals surface area contributed by atoms with Crippen LogP contribution in [0.1, 0.15) is 35.7 Å². The first-order valence-corrected chi connectivity index (χ1v) is 5.20. The van der Waals surface area contributed by atoms with Gasteiger partial charge < -0.3 is 14.9 Å². The molecule has 6 nitrogen and oxygen atoms in total. The van der Waals surface area contributed by atoms with Crippen molar-refractivity contribution >= 4 is 11.9 Å². The smallest absolute Gasteiger partial charge is 0.310 e. The molecule has 1 amide bonds. The van der Waals surface area contributed by atoms with Gasteiger partial charge in [-0.05, 0) is 27.7 Å². The number of aromatic nitrogens is 1. The van der Waals surface area contributed by atoms with E-state index in [9.17, 15) is 9.59 Å². The van der Waals surface area contributed by atoms with E-state index in [0.717, 1.165) is 0 Å². The van der Waals surface area contributed by atoms with Crippen LogP contribution in [0.4, 0.5) is 0 Å². The Kier molecular flexibility index (Phi) is 3.55. The molecule has 1 heterocycles. The highest BCUT2D eigenvalue weighted by molar-refractivity contribution is 5.96. The van der Waals surface area contributed by atoms with E-state index < -0.39 is 11.4 Å². The summed E-state index contributed by atoms with van der Waals surface area (Å²) in [6.07, 6.45) is 0. The zero-order chi connectivity index (χ0) is 13.2. The van der Waals surface area contributed by atoms with Gasteiger partial charge in [0, 0.05) is 6.54 Å². The molecule has 0 saturated heterocycles. The molecule has 94 valence electrons. The van der Waals surface area contributed by atoms with Gasteiger partial charge in [-0.1, -0.05) is 5.16 Å². The van der Waals surface area contributed by atoms with Crippen molar-refractivity contribution in [2.45, 2.75) is 27.7 Å². The van der Waals surface area contributed by atoms with Gasteiger partial charge in [0.25, 0.3) is 5.91 Å². The maximum atomic E-state index is 11.8. The van der Waals surface area contributed by atoms with E-state index in [1.54, 1.807) is 27.7 Å². The van der Waals surface area contributed by atoms with Crippen molar-refractivity contribution in [2.24, 2.45) is 5.41 Å². The second-order valence-corrected chi connectivity index (χ2v) is 4.57. The third kappa shape index (κ3) is 2.83. The molecular weight excluding hydrogens is 224 g/mol. The average molecular weight is 240 g/mol. The van der Waals surface area contributed by atoms with Crippen LogP contribution in [0.5, 0.6) is 0 Å². The Hall–Kier alpha value is -1.85. The van der Waals surface area contributed by atoms with E-state index in [1.807, 2.05) is 0 Å². The van der Waals surface area contributed by atoms with Crippen LogP contribution in [-0.4, -0.2) is 28.7 Å². The Morgan fingerprint density at radius 2 is 2.00 bits per heavy atom. The van der Waals surface area contributed by atoms with Crippen LogP contribution in [0.25, 0.3) is 0 Å². The molecule has 0 unspecified atom stereocenters. The Bertz CT molecular complexity index is 429. The fourth-order valence-electron chi connectivity index (χ4n) is 1.27. The Morgan fingerprint density at radius 3 is 2.41 bits per heavy atom. The Morgan fingerprint density at radius 1 is 1.41 bits per heavy atom. The maximum absolute atomic E-state index is 11.8. The van der Waals surface area contributed by atoms with Gasteiger partial charge in [-0.15, -0.1) is 0 Å². The SMILES string of the molecule is Cc1noc(C)c1C(=O)NCC(C)(C)C(=O)O. The van der Waals surface area contributed by atoms with Crippen LogP contribution in [-0.2, 0) is 4.79 Å². The average Bonchev–Trinajstić information content (AvgIpc) is 2.55. The van der Waals surface area contributed by atoms with Crippen molar-refractivity contribution < 1.29 is 19.2 Å². The lowest BCUT2D eigenvalue weighted by atomic mass is 9.94. The summed E-state index contributed by atoms with van der Waals surface area (Å²) in [6, 6.07) is 0. The highest BCUT2D eigenvalue weighted by atomic mass is 16.5. The molecule has 0 spiro atoms. The third-order valence-corrected chi connectivity index (χ3v) is 2.53. The van der Waals surface area contributed by atoms with Gasteiger partial charge in [0.05, 0.1) is 11.1 Å². The molecule has 0 saturated carbocycles. The normalized spacial score (nSPS) is 11.3. The van der Waals surface area contributed by atoms with Crippen molar-refractivity contribution in [3.8, 4) is 0 Å². The molecule has 0 aromatic carbocycles. The van der Waals surface area contributed by atoms with Crippen LogP contribution in [0.3, 0.4) is 0 Å². The zero-order valence-electron chi connectivity index (χ0n) is 10.3. The van der Waals surface area contributed by atoms with E-state index in [0.29, 0.717) is 17.0 Å². The van der Waals surface area contributed by atoms with Crippen molar-refractivity contribution in [1.82, 2.24) is 10.5 Å². The number of carbonyl (C=O) groups is 2. The number of aryl methyl sites for hydroxylation is 2. The van der Waals surface area contributed by atoms with Gasteiger partial charge in [-0.25, -0.2) is 0 Å². The summed E-state index contributed by atoms with van der Waals surface area (Å²) in [5.74, 6) is -0.903. The lowest BCUT2D eigenvalue weighted by Gasteiger charge is -2.19. The van der Waals surface area contributed by atoms with E-state index in [4.69, 9.17) is 9.63 Å². The maximum Gasteiger partial charge on any atom is 0.310 e. The molecule has 1 rings (SSSR count). The number of carbonyl (C=O) groups excluding carboxylic acids is 1. The molecule has 17 heavy (non-hydrogen) atoms. The molecule has 1 aromatic rings. The highest BCUT2D eigenvalue weighted by Crippen LogP contribution is 2.15. The lowest BCUT2D eigenvalue weighted by molar-refractivity contribution is -0.146. The number of carboxylic acid groups (broad SMARTS) is 1. The van der Waals surface area contributed by atoms with Crippen LogP contribution < -0.4 is 5.32 Å². The predicted octanol–water partition coefficient (Wildman–Crippen LogP) is 1.13. The van der Waals surface area contributed by atoms with Crippen molar-refractivity contribution in [2.75, 3.05) is 6.54 Å².